The van der Waals surface area contributed by atoms with Crippen LogP contribution < -0.4 is 5.32 Å². The number of hydrogen-bond acceptors (Lipinski definition) is 6. The summed E-state index contributed by atoms with van der Waals surface area (Å²) in [5, 5.41) is 2.67. The maximum absolute atomic E-state index is 13.8. The third kappa shape index (κ3) is 5.39. The number of nitrogens with zero attached hydrogens (tertiary/aromatic N) is 2. The maximum atomic E-state index is 13.8. The summed E-state index contributed by atoms with van der Waals surface area (Å²) in [4.78, 5) is 32.0. The summed E-state index contributed by atoms with van der Waals surface area (Å²) in [7, 11) is 0. The quantitative estimate of drug-likeness (QED) is 0.460. The van der Waals surface area contributed by atoms with Crippen molar-refractivity contribution < 1.29 is 23.1 Å². The van der Waals surface area contributed by atoms with E-state index in [9.17, 15) is 14.0 Å². The third-order valence-corrected chi connectivity index (χ3v) is 4.23. The van der Waals surface area contributed by atoms with Gasteiger partial charge in [-0.05, 0) is 31.2 Å². The first-order chi connectivity index (χ1) is 13.9. The molecular formula is C20H17ClFN3O4. The van der Waals surface area contributed by atoms with E-state index >= 15 is 0 Å². The lowest BCUT2D eigenvalue weighted by atomic mass is 10.2. The van der Waals surface area contributed by atoms with Crippen molar-refractivity contribution in [3.05, 3.63) is 65.7 Å². The molecule has 2 heterocycles. The number of carbonyl (C=O) groups excluding carboxylic acids is 2. The van der Waals surface area contributed by atoms with Crippen molar-refractivity contribution in [1.82, 2.24) is 9.97 Å². The molecule has 0 aliphatic heterocycles. The first-order valence-electron chi connectivity index (χ1n) is 8.74. The molecule has 0 saturated heterocycles. The number of aromatic nitrogens is 2. The minimum atomic E-state index is -1.03. The number of carbonyl (C=O) groups is 2. The highest BCUT2D eigenvalue weighted by Crippen LogP contribution is 2.23. The summed E-state index contributed by atoms with van der Waals surface area (Å²) in [6.07, 6.45) is 1.95. The van der Waals surface area contributed by atoms with E-state index in [1.165, 1.54) is 25.4 Å². The monoisotopic (exact) mass is 417 g/mol. The maximum Gasteiger partial charge on any atom is 0.307 e. The van der Waals surface area contributed by atoms with E-state index in [4.69, 9.17) is 20.8 Å². The molecule has 29 heavy (non-hydrogen) atoms. The van der Waals surface area contributed by atoms with Crippen molar-refractivity contribution in [2.75, 3.05) is 5.32 Å². The van der Waals surface area contributed by atoms with Crippen LogP contribution in [0.1, 0.15) is 19.2 Å². The fourth-order valence-electron chi connectivity index (χ4n) is 2.44. The van der Waals surface area contributed by atoms with E-state index in [2.05, 4.69) is 15.3 Å². The lowest BCUT2D eigenvalue weighted by Crippen LogP contribution is -2.30. The molecule has 1 N–H and O–H groups in total. The van der Waals surface area contributed by atoms with Gasteiger partial charge >= 0.3 is 5.97 Å². The molecule has 1 amide bonds. The number of benzene rings is 1. The number of halogens is 2. The van der Waals surface area contributed by atoms with Crippen molar-refractivity contribution in [2.45, 2.75) is 25.9 Å². The molecular weight excluding hydrogens is 401 g/mol. The van der Waals surface area contributed by atoms with Gasteiger partial charge in [-0.1, -0.05) is 23.7 Å². The van der Waals surface area contributed by atoms with Crippen LogP contribution in [0.25, 0.3) is 11.3 Å². The highest BCUT2D eigenvalue weighted by Gasteiger charge is 2.19. The van der Waals surface area contributed by atoms with E-state index in [0.717, 1.165) is 0 Å². The molecule has 0 radical (unpaired) electrons. The van der Waals surface area contributed by atoms with E-state index in [0.29, 0.717) is 5.69 Å². The first kappa shape index (κ1) is 20.5. The Morgan fingerprint density at radius 2 is 2.03 bits per heavy atom. The van der Waals surface area contributed by atoms with Crippen molar-refractivity contribution in [1.29, 1.82) is 0 Å². The van der Waals surface area contributed by atoms with Gasteiger partial charge in [-0.3, -0.25) is 9.59 Å². The SMILES string of the molecule is C[C@H](OC(=O)CCc1ncc(-c2ccccc2F)o1)C(=O)Nc1cccnc1Cl. The molecule has 0 spiro atoms. The highest BCUT2D eigenvalue weighted by atomic mass is 35.5. The van der Waals surface area contributed by atoms with Crippen molar-refractivity contribution in [3.8, 4) is 11.3 Å². The van der Waals surface area contributed by atoms with E-state index in [-0.39, 0.29) is 35.2 Å². The standard InChI is InChI=1S/C20H17ClFN3O4/c1-12(20(27)25-15-7-4-10-23-19(15)21)28-18(26)9-8-17-24-11-16(29-17)13-5-2-3-6-14(13)22/h2-7,10-12H,8-9H2,1H3,(H,25,27)/t12-/m0/s1. The van der Waals surface area contributed by atoms with Gasteiger partial charge in [0.15, 0.2) is 22.9 Å². The predicted octanol–water partition coefficient (Wildman–Crippen LogP) is 4.03. The van der Waals surface area contributed by atoms with Crippen LogP contribution in [0, 0.1) is 5.82 Å². The van der Waals surface area contributed by atoms with E-state index in [1.807, 2.05) is 0 Å². The number of amides is 1. The van der Waals surface area contributed by atoms with Gasteiger partial charge < -0.3 is 14.5 Å². The van der Waals surface area contributed by atoms with Gasteiger partial charge in [0.2, 0.25) is 0 Å². The van der Waals surface area contributed by atoms with Crippen LogP contribution in [0.2, 0.25) is 5.15 Å². The molecule has 7 nitrogen and oxygen atoms in total. The van der Waals surface area contributed by atoms with Gasteiger partial charge in [-0.25, -0.2) is 14.4 Å². The van der Waals surface area contributed by atoms with Gasteiger partial charge in [-0.15, -0.1) is 0 Å². The Balaban J connectivity index is 1.50. The van der Waals surface area contributed by atoms with Crippen LogP contribution in [0.4, 0.5) is 10.1 Å². The fraction of sp³-hybridized carbons (Fsp3) is 0.200. The Hall–Kier alpha value is -3.26. The van der Waals surface area contributed by atoms with E-state index in [1.54, 1.807) is 30.3 Å². The Bertz CT molecular complexity index is 1020. The molecule has 2 aromatic heterocycles. The summed E-state index contributed by atoms with van der Waals surface area (Å²) in [6, 6.07) is 9.35. The predicted molar refractivity (Wildman–Crippen MR) is 104 cm³/mol. The van der Waals surface area contributed by atoms with Gasteiger partial charge in [0.25, 0.3) is 5.91 Å². The minimum absolute atomic E-state index is 0.0531. The second-order valence-electron chi connectivity index (χ2n) is 6.06. The number of oxazole rings is 1. The van der Waals surface area contributed by atoms with Crippen molar-refractivity contribution >= 4 is 29.2 Å². The fourth-order valence-corrected chi connectivity index (χ4v) is 2.61. The molecule has 0 aliphatic carbocycles. The molecule has 0 aliphatic rings. The molecule has 0 bridgehead atoms. The van der Waals surface area contributed by atoms with Gasteiger partial charge in [0.1, 0.15) is 5.82 Å². The zero-order valence-corrected chi connectivity index (χ0v) is 16.1. The zero-order valence-electron chi connectivity index (χ0n) is 15.4. The molecule has 3 aromatic rings. The highest BCUT2D eigenvalue weighted by molar-refractivity contribution is 6.32. The van der Waals surface area contributed by atoms with Crippen molar-refractivity contribution in [3.63, 3.8) is 0 Å². The normalized spacial score (nSPS) is 11.7. The molecule has 3 rings (SSSR count). The number of rotatable bonds is 7. The number of nitrogens with one attached hydrogen (secondary N) is 1. The second-order valence-corrected chi connectivity index (χ2v) is 6.42. The molecule has 1 aromatic carbocycles. The Kier molecular flexibility index (Phi) is 6.56. The van der Waals surface area contributed by atoms with Gasteiger partial charge in [0, 0.05) is 12.6 Å². The number of anilines is 1. The molecule has 1 atom stereocenters. The number of aryl methyl sites for hydroxylation is 1. The second kappa shape index (κ2) is 9.29. The zero-order chi connectivity index (χ0) is 20.8. The summed E-state index contributed by atoms with van der Waals surface area (Å²) in [5.74, 6) is -1.03. The molecule has 150 valence electrons. The number of esters is 1. The molecule has 0 unspecified atom stereocenters. The van der Waals surface area contributed by atoms with Crippen LogP contribution in [0.3, 0.4) is 0 Å². The Morgan fingerprint density at radius 3 is 2.79 bits per heavy atom. The smallest absolute Gasteiger partial charge is 0.307 e. The minimum Gasteiger partial charge on any atom is -0.453 e. The number of pyridine rings is 1. The first-order valence-corrected chi connectivity index (χ1v) is 9.12. The summed E-state index contributed by atoms with van der Waals surface area (Å²) < 4.78 is 24.4. The topological polar surface area (TPSA) is 94.3 Å². The molecule has 0 saturated carbocycles. The summed E-state index contributed by atoms with van der Waals surface area (Å²) in [5.41, 5.74) is 0.607. The summed E-state index contributed by atoms with van der Waals surface area (Å²) in [6.45, 7) is 1.44. The average Bonchev–Trinajstić information content (AvgIpc) is 3.17. The van der Waals surface area contributed by atoms with Gasteiger partial charge in [0.05, 0.1) is 23.9 Å². The van der Waals surface area contributed by atoms with Crippen LogP contribution in [0.15, 0.2) is 53.2 Å². The average molecular weight is 418 g/mol. The van der Waals surface area contributed by atoms with Crippen LogP contribution in [0.5, 0.6) is 0 Å². The molecule has 0 fully saturated rings. The Labute approximate surface area is 170 Å². The van der Waals surface area contributed by atoms with Gasteiger partial charge in [-0.2, -0.15) is 0 Å². The lowest BCUT2D eigenvalue weighted by molar-refractivity contribution is -0.153. The number of hydrogen-bond donors (Lipinski definition) is 1. The van der Waals surface area contributed by atoms with Crippen LogP contribution in [-0.4, -0.2) is 27.9 Å². The summed E-state index contributed by atoms with van der Waals surface area (Å²) >= 11 is 5.88. The third-order valence-electron chi connectivity index (χ3n) is 3.93. The number of ether oxygens (including phenoxy) is 1. The van der Waals surface area contributed by atoms with Crippen molar-refractivity contribution in [2.24, 2.45) is 0 Å². The largest absolute Gasteiger partial charge is 0.453 e. The lowest BCUT2D eigenvalue weighted by Gasteiger charge is -2.13. The Morgan fingerprint density at radius 1 is 1.24 bits per heavy atom. The van der Waals surface area contributed by atoms with Crippen LogP contribution >= 0.6 is 11.6 Å². The van der Waals surface area contributed by atoms with Crippen LogP contribution in [-0.2, 0) is 20.7 Å². The van der Waals surface area contributed by atoms with E-state index < -0.39 is 23.8 Å². The molecule has 9 heteroatoms.